The molecule has 1 rings (SSSR count). The lowest BCUT2D eigenvalue weighted by Gasteiger charge is -2.38. The summed E-state index contributed by atoms with van der Waals surface area (Å²) in [6, 6.07) is 8.83. The van der Waals surface area contributed by atoms with Gasteiger partial charge in [0, 0.05) is 65.0 Å². The number of nitrogens with zero attached hydrogens (tertiary/aromatic N) is 6. The Bertz CT molecular complexity index is 461. The van der Waals surface area contributed by atoms with Crippen LogP contribution in [0, 0.1) is 57.2 Å². The summed E-state index contributed by atoms with van der Waals surface area (Å²) in [6.45, 7) is 4.81. The van der Waals surface area contributed by atoms with Gasteiger partial charge < -0.3 is 9.80 Å². The molecule has 0 amide bonds. The Labute approximate surface area is 158 Å². The van der Waals surface area contributed by atoms with Gasteiger partial charge in [-0.15, -0.1) is 0 Å². The van der Waals surface area contributed by atoms with Crippen molar-refractivity contribution in [1.82, 2.24) is 9.80 Å². The summed E-state index contributed by atoms with van der Waals surface area (Å²) < 4.78 is 0. The Morgan fingerprint density at radius 3 is 1.15 bits per heavy atom. The lowest BCUT2D eigenvalue weighted by molar-refractivity contribution is 0.116. The van der Waals surface area contributed by atoms with Crippen LogP contribution in [0.2, 0.25) is 0 Å². The van der Waals surface area contributed by atoms with Crippen LogP contribution >= 0.6 is 0 Å². The molecule has 2 unspecified atom stereocenters. The van der Waals surface area contributed by atoms with Crippen molar-refractivity contribution in [2.75, 3.05) is 39.3 Å². The highest BCUT2D eigenvalue weighted by Crippen LogP contribution is 2.31. The van der Waals surface area contributed by atoms with Crippen LogP contribution in [0.3, 0.4) is 0 Å². The van der Waals surface area contributed by atoms with E-state index in [4.69, 9.17) is 21.0 Å². The fourth-order valence-electron chi connectivity index (χ4n) is 3.85. The van der Waals surface area contributed by atoms with Crippen molar-refractivity contribution in [3.05, 3.63) is 0 Å². The lowest BCUT2D eigenvalue weighted by Crippen LogP contribution is -2.41. The maximum absolute atomic E-state index is 8.88. The van der Waals surface area contributed by atoms with Gasteiger partial charge in [-0.3, -0.25) is 0 Å². The number of rotatable bonds is 12. The molecule has 0 aliphatic heterocycles. The zero-order valence-corrected chi connectivity index (χ0v) is 15.7. The second kappa shape index (κ2) is 14.1. The molecule has 140 valence electrons. The minimum Gasteiger partial charge on any atom is -0.301 e. The maximum Gasteiger partial charge on any atom is 0.0635 e. The molecule has 6 heteroatoms. The van der Waals surface area contributed by atoms with Gasteiger partial charge in [0.25, 0.3) is 0 Å². The van der Waals surface area contributed by atoms with Gasteiger partial charge in [-0.05, 0) is 24.7 Å². The Balaban J connectivity index is 2.67. The molecule has 2 atom stereocenters. The zero-order chi connectivity index (χ0) is 19.0. The standard InChI is InChI=1S/C20H30N6/c21-9-3-13-25(14-4-10-22)17-19-7-1-2-8-20(19)18-26(15-5-11-23)16-6-12-24/h19-20H,1-8,13-18H2. The normalized spacial score (nSPS) is 19.5. The largest absolute Gasteiger partial charge is 0.301 e. The third-order valence-corrected chi connectivity index (χ3v) is 5.21. The summed E-state index contributed by atoms with van der Waals surface area (Å²) in [5.74, 6) is 1.13. The highest BCUT2D eigenvalue weighted by molar-refractivity contribution is 4.85. The van der Waals surface area contributed by atoms with Crippen molar-refractivity contribution < 1.29 is 0 Å². The Hall–Kier alpha value is -2.12. The summed E-state index contributed by atoms with van der Waals surface area (Å²) in [6.07, 6.45) is 6.84. The molecule has 0 N–H and O–H groups in total. The molecule has 0 spiro atoms. The van der Waals surface area contributed by atoms with E-state index >= 15 is 0 Å². The van der Waals surface area contributed by atoms with E-state index in [-0.39, 0.29) is 0 Å². The Morgan fingerprint density at radius 1 is 0.577 bits per heavy atom. The first-order valence-corrected chi connectivity index (χ1v) is 9.67. The molecule has 1 aliphatic carbocycles. The van der Waals surface area contributed by atoms with E-state index < -0.39 is 0 Å². The smallest absolute Gasteiger partial charge is 0.0635 e. The SMILES string of the molecule is N#CCCN(CCC#N)CC1CCCCC1CN(CCC#N)CCC#N. The first kappa shape index (κ1) is 21.9. The molecule has 6 nitrogen and oxygen atoms in total. The fourth-order valence-corrected chi connectivity index (χ4v) is 3.85. The molecule has 26 heavy (non-hydrogen) atoms. The molecule has 0 aromatic rings. The average Bonchev–Trinajstić information content (AvgIpc) is 2.67. The van der Waals surface area contributed by atoms with Crippen molar-refractivity contribution >= 4 is 0 Å². The van der Waals surface area contributed by atoms with E-state index in [1.54, 1.807) is 0 Å². The van der Waals surface area contributed by atoms with Gasteiger partial charge in [-0.2, -0.15) is 21.0 Å². The zero-order valence-electron chi connectivity index (χ0n) is 15.7. The maximum atomic E-state index is 8.88. The highest BCUT2D eigenvalue weighted by atomic mass is 15.1. The third-order valence-electron chi connectivity index (χ3n) is 5.21. The topological polar surface area (TPSA) is 102 Å². The molecule has 0 aromatic carbocycles. The minimum atomic E-state index is 0.499. The van der Waals surface area contributed by atoms with Crippen LogP contribution in [-0.4, -0.2) is 49.1 Å². The Morgan fingerprint density at radius 2 is 0.885 bits per heavy atom. The fraction of sp³-hybridized carbons (Fsp3) is 0.800. The number of hydrogen-bond donors (Lipinski definition) is 0. The molecular weight excluding hydrogens is 324 g/mol. The van der Waals surface area contributed by atoms with Gasteiger partial charge in [0.05, 0.1) is 24.3 Å². The number of nitriles is 4. The van der Waals surface area contributed by atoms with Gasteiger partial charge >= 0.3 is 0 Å². The van der Waals surface area contributed by atoms with Gasteiger partial charge in [0.1, 0.15) is 0 Å². The van der Waals surface area contributed by atoms with E-state index in [0.717, 1.165) is 39.3 Å². The summed E-state index contributed by atoms with van der Waals surface area (Å²) in [4.78, 5) is 4.54. The van der Waals surface area contributed by atoms with E-state index in [0.29, 0.717) is 37.5 Å². The van der Waals surface area contributed by atoms with Crippen LogP contribution in [0.4, 0.5) is 0 Å². The van der Waals surface area contributed by atoms with Crippen LogP contribution in [-0.2, 0) is 0 Å². The van der Waals surface area contributed by atoms with Crippen LogP contribution in [0.25, 0.3) is 0 Å². The first-order valence-electron chi connectivity index (χ1n) is 9.67. The molecular formula is C20H30N6. The third kappa shape index (κ3) is 8.82. The number of hydrogen-bond acceptors (Lipinski definition) is 6. The van der Waals surface area contributed by atoms with Gasteiger partial charge in [0.15, 0.2) is 0 Å². The molecule has 0 bridgehead atoms. The average molecular weight is 355 g/mol. The molecule has 1 saturated carbocycles. The highest BCUT2D eigenvalue weighted by Gasteiger charge is 2.28. The minimum absolute atomic E-state index is 0.499. The summed E-state index contributed by atoms with van der Waals surface area (Å²) in [7, 11) is 0. The summed E-state index contributed by atoms with van der Waals surface area (Å²) in [5.41, 5.74) is 0. The van der Waals surface area contributed by atoms with Crippen molar-refractivity contribution in [1.29, 1.82) is 21.0 Å². The molecule has 1 fully saturated rings. The predicted octanol–water partition coefficient (Wildman–Crippen LogP) is 3.05. The second-order valence-electron chi connectivity index (χ2n) is 7.04. The second-order valence-corrected chi connectivity index (χ2v) is 7.04. The Kier molecular flexibility index (Phi) is 11.9. The quantitative estimate of drug-likeness (QED) is 0.534. The summed E-state index contributed by atoms with van der Waals surface area (Å²) in [5, 5.41) is 35.5. The van der Waals surface area contributed by atoms with Gasteiger partial charge in [-0.1, -0.05) is 12.8 Å². The van der Waals surface area contributed by atoms with Crippen molar-refractivity contribution in [3.63, 3.8) is 0 Å². The van der Waals surface area contributed by atoms with Crippen molar-refractivity contribution in [2.45, 2.75) is 51.4 Å². The molecule has 1 aliphatic rings. The van der Waals surface area contributed by atoms with Crippen LogP contribution in [0.15, 0.2) is 0 Å². The molecule has 0 radical (unpaired) electrons. The molecule has 0 aromatic heterocycles. The van der Waals surface area contributed by atoms with E-state index in [1.165, 1.54) is 25.7 Å². The first-order chi connectivity index (χ1) is 12.7. The van der Waals surface area contributed by atoms with E-state index in [9.17, 15) is 0 Å². The van der Waals surface area contributed by atoms with Crippen LogP contribution in [0.5, 0.6) is 0 Å². The van der Waals surface area contributed by atoms with Gasteiger partial charge in [-0.25, -0.2) is 0 Å². The van der Waals surface area contributed by atoms with E-state index in [2.05, 4.69) is 34.1 Å². The van der Waals surface area contributed by atoms with E-state index in [1.807, 2.05) is 0 Å². The molecule has 0 heterocycles. The van der Waals surface area contributed by atoms with Crippen LogP contribution < -0.4 is 0 Å². The summed E-state index contributed by atoms with van der Waals surface area (Å²) >= 11 is 0. The van der Waals surface area contributed by atoms with Gasteiger partial charge in [0.2, 0.25) is 0 Å². The van der Waals surface area contributed by atoms with Crippen LogP contribution in [0.1, 0.15) is 51.4 Å². The van der Waals surface area contributed by atoms with Crippen molar-refractivity contribution in [2.24, 2.45) is 11.8 Å². The molecule has 0 saturated heterocycles. The van der Waals surface area contributed by atoms with Crippen molar-refractivity contribution in [3.8, 4) is 24.3 Å². The monoisotopic (exact) mass is 354 g/mol. The lowest BCUT2D eigenvalue weighted by atomic mass is 9.78. The predicted molar refractivity (Wildman–Crippen MR) is 99.2 cm³/mol.